The number of thioether (sulfide) groups is 1. The van der Waals surface area contributed by atoms with Gasteiger partial charge in [0.05, 0.1) is 0 Å². The van der Waals surface area contributed by atoms with E-state index in [2.05, 4.69) is 12.2 Å². The number of thiophene rings is 1. The molecule has 4 nitrogen and oxygen atoms in total. The Bertz CT molecular complexity index is 765. The lowest BCUT2D eigenvalue weighted by atomic mass is 10.1. The maximum Gasteiger partial charge on any atom is 0.255 e. The average Bonchev–Trinajstić information content (AvgIpc) is 3.34. The Labute approximate surface area is 173 Å². The molecule has 2 atom stereocenters. The van der Waals surface area contributed by atoms with E-state index in [4.69, 9.17) is 11.6 Å². The first kappa shape index (κ1) is 20.2. The summed E-state index contributed by atoms with van der Waals surface area (Å²) in [5, 5.41) is 5.45. The lowest BCUT2D eigenvalue weighted by Crippen LogP contribution is -2.48. The number of carbonyl (C=O) groups excluding carboxylic acids is 2. The van der Waals surface area contributed by atoms with Gasteiger partial charge in [-0.3, -0.25) is 9.59 Å². The van der Waals surface area contributed by atoms with Crippen molar-refractivity contribution in [3.05, 3.63) is 57.2 Å². The van der Waals surface area contributed by atoms with Crippen molar-refractivity contribution in [2.45, 2.75) is 37.6 Å². The lowest BCUT2D eigenvalue weighted by molar-refractivity contribution is -0.124. The number of amides is 2. The van der Waals surface area contributed by atoms with E-state index in [1.165, 1.54) is 0 Å². The van der Waals surface area contributed by atoms with Crippen molar-refractivity contribution < 1.29 is 9.59 Å². The van der Waals surface area contributed by atoms with Gasteiger partial charge in [0, 0.05) is 27.8 Å². The summed E-state index contributed by atoms with van der Waals surface area (Å²) in [6.45, 7) is 2.79. The Morgan fingerprint density at radius 3 is 2.67 bits per heavy atom. The molecule has 1 aromatic heterocycles. The molecule has 0 radical (unpaired) electrons. The third-order valence-corrected chi connectivity index (χ3v) is 7.13. The summed E-state index contributed by atoms with van der Waals surface area (Å²) in [5.41, 5.74) is 0.548. The third kappa shape index (κ3) is 4.86. The summed E-state index contributed by atoms with van der Waals surface area (Å²) in [7, 11) is 0. The fraction of sp³-hybridized carbons (Fsp3) is 0.400. The zero-order valence-electron chi connectivity index (χ0n) is 15.2. The van der Waals surface area contributed by atoms with Crippen molar-refractivity contribution in [2.75, 3.05) is 12.3 Å². The van der Waals surface area contributed by atoms with Crippen molar-refractivity contribution in [1.82, 2.24) is 10.2 Å². The van der Waals surface area contributed by atoms with Crippen LogP contribution in [-0.2, 0) is 4.79 Å². The Hall–Kier alpha value is -1.50. The second kappa shape index (κ2) is 9.62. The molecular weight excluding hydrogens is 400 g/mol. The van der Waals surface area contributed by atoms with Gasteiger partial charge < -0.3 is 10.2 Å². The molecule has 0 bridgehead atoms. The van der Waals surface area contributed by atoms with Crippen molar-refractivity contribution in [3.63, 3.8) is 0 Å². The number of benzene rings is 1. The van der Waals surface area contributed by atoms with Crippen LogP contribution in [0, 0.1) is 0 Å². The molecule has 1 aliphatic heterocycles. The van der Waals surface area contributed by atoms with Gasteiger partial charge >= 0.3 is 0 Å². The molecule has 1 fully saturated rings. The normalized spacial score (nSPS) is 19.3. The Morgan fingerprint density at radius 1 is 1.22 bits per heavy atom. The van der Waals surface area contributed by atoms with E-state index in [9.17, 15) is 9.59 Å². The van der Waals surface area contributed by atoms with Gasteiger partial charge in [-0.15, -0.1) is 23.1 Å². The molecule has 1 saturated heterocycles. The minimum atomic E-state index is -0.466. The molecule has 2 aromatic rings. The molecule has 27 heavy (non-hydrogen) atoms. The summed E-state index contributed by atoms with van der Waals surface area (Å²) in [4.78, 5) is 28.9. The van der Waals surface area contributed by atoms with E-state index in [0.717, 1.165) is 24.1 Å². The van der Waals surface area contributed by atoms with Gasteiger partial charge in [-0.25, -0.2) is 0 Å². The molecule has 1 aromatic carbocycles. The van der Waals surface area contributed by atoms with Crippen LogP contribution in [0.15, 0.2) is 41.8 Å². The SMILES string of the molecule is CCCCCNC(=O)[C@H]1CS[C@@H](c2cccs2)N1C(=O)c1ccc(Cl)cc1. The quantitative estimate of drug-likeness (QED) is 0.641. The molecule has 0 spiro atoms. The highest BCUT2D eigenvalue weighted by atomic mass is 35.5. The molecule has 2 amide bonds. The summed E-state index contributed by atoms with van der Waals surface area (Å²) in [6.07, 6.45) is 3.16. The average molecular weight is 423 g/mol. The van der Waals surface area contributed by atoms with Gasteiger partial charge in [0.1, 0.15) is 11.4 Å². The van der Waals surface area contributed by atoms with E-state index in [1.807, 2.05) is 17.5 Å². The molecule has 0 aliphatic carbocycles. The second-order valence-corrected chi connectivity index (χ2v) is 8.96. The van der Waals surface area contributed by atoms with Crippen molar-refractivity contribution >= 4 is 46.5 Å². The second-order valence-electron chi connectivity index (χ2n) is 6.43. The molecule has 7 heteroatoms. The van der Waals surface area contributed by atoms with E-state index < -0.39 is 6.04 Å². The van der Waals surface area contributed by atoms with Crippen LogP contribution in [0.2, 0.25) is 5.02 Å². The molecule has 3 rings (SSSR count). The highest BCUT2D eigenvalue weighted by molar-refractivity contribution is 7.99. The topological polar surface area (TPSA) is 49.4 Å². The van der Waals surface area contributed by atoms with Crippen LogP contribution in [0.1, 0.15) is 46.8 Å². The van der Waals surface area contributed by atoms with Crippen LogP contribution in [0.3, 0.4) is 0 Å². The zero-order chi connectivity index (χ0) is 19.2. The Balaban J connectivity index is 1.80. The standard InChI is InChI=1S/C20H23ClN2O2S2/c1-2-3-4-11-22-18(24)16-13-27-20(17-6-5-12-26-17)23(16)19(25)14-7-9-15(21)10-8-14/h5-10,12,16,20H,2-4,11,13H2,1H3,(H,22,24)/t16-,20+/m1/s1. The summed E-state index contributed by atoms with van der Waals surface area (Å²) < 4.78 is 0. The van der Waals surface area contributed by atoms with E-state index in [0.29, 0.717) is 22.9 Å². The first-order valence-corrected chi connectivity index (χ1v) is 11.4. The first-order chi connectivity index (χ1) is 13.1. The van der Waals surface area contributed by atoms with E-state index in [-0.39, 0.29) is 17.2 Å². The number of hydrogen-bond acceptors (Lipinski definition) is 4. The van der Waals surface area contributed by atoms with Crippen LogP contribution < -0.4 is 5.32 Å². The number of nitrogens with one attached hydrogen (secondary N) is 1. The number of halogens is 1. The molecule has 144 valence electrons. The minimum Gasteiger partial charge on any atom is -0.354 e. The van der Waals surface area contributed by atoms with Crippen LogP contribution in [0.25, 0.3) is 0 Å². The van der Waals surface area contributed by atoms with Gasteiger partial charge in [0.15, 0.2) is 0 Å². The summed E-state index contributed by atoms with van der Waals surface area (Å²) in [5.74, 6) is 0.394. The number of unbranched alkanes of at least 4 members (excludes halogenated alkanes) is 2. The highest BCUT2D eigenvalue weighted by Crippen LogP contribution is 2.43. The van der Waals surface area contributed by atoms with Gasteiger partial charge in [0.2, 0.25) is 5.91 Å². The summed E-state index contributed by atoms with van der Waals surface area (Å²) in [6, 6.07) is 10.4. The third-order valence-electron chi connectivity index (χ3n) is 4.49. The van der Waals surface area contributed by atoms with Gasteiger partial charge in [-0.1, -0.05) is 37.4 Å². The maximum absolute atomic E-state index is 13.2. The highest BCUT2D eigenvalue weighted by Gasteiger charge is 2.42. The van der Waals surface area contributed by atoms with Crippen molar-refractivity contribution in [3.8, 4) is 0 Å². The first-order valence-electron chi connectivity index (χ1n) is 9.12. The zero-order valence-corrected chi connectivity index (χ0v) is 17.6. The molecule has 0 saturated carbocycles. The maximum atomic E-state index is 13.2. The number of rotatable bonds is 7. The number of hydrogen-bond donors (Lipinski definition) is 1. The lowest BCUT2D eigenvalue weighted by Gasteiger charge is -2.28. The van der Waals surface area contributed by atoms with E-state index in [1.54, 1.807) is 52.3 Å². The van der Waals surface area contributed by atoms with Crippen LogP contribution in [0.4, 0.5) is 0 Å². The monoisotopic (exact) mass is 422 g/mol. The Morgan fingerprint density at radius 2 is 2.00 bits per heavy atom. The molecule has 1 aliphatic rings. The van der Waals surface area contributed by atoms with Crippen LogP contribution in [0.5, 0.6) is 0 Å². The van der Waals surface area contributed by atoms with Crippen molar-refractivity contribution in [2.24, 2.45) is 0 Å². The van der Waals surface area contributed by atoms with Gasteiger partial charge in [0.25, 0.3) is 5.91 Å². The van der Waals surface area contributed by atoms with E-state index >= 15 is 0 Å². The van der Waals surface area contributed by atoms with Gasteiger partial charge in [-0.2, -0.15) is 0 Å². The molecule has 2 heterocycles. The predicted octanol–water partition coefficient (Wildman–Crippen LogP) is 4.96. The molecule has 1 N–H and O–H groups in total. The van der Waals surface area contributed by atoms with Gasteiger partial charge in [-0.05, 0) is 42.1 Å². The van der Waals surface area contributed by atoms with Crippen LogP contribution in [-0.4, -0.2) is 35.1 Å². The fourth-order valence-corrected chi connectivity index (χ4v) is 5.57. The minimum absolute atomic E-state index is 0.0695. The molecule has 0 unspecified atom stereocenters. The predicted molar refractivity (Wildman–Crippen MR) is 113 cm³/mol. The fourth-order valence-electron chi connectivity index (χ4n) is 3.05. The number of carbonyl (C=O) groups is 2. The van der Waals surface area contributed by atoms with Crippen molar-refractivity contribution in [1.29, 1.82) is 0 Å². The summed E-state index contributed by atoms with van der Waals surface area (Å²) >= 11 is 9.21. The smallest absolute Gasteiger partial charge is 0.255 e. The molecular formula is C20H23ClN2O2S2. The number of nitrogens with zero attached hydrogens (tertiary/aromatic N) is 1. The van der Waals surface area contributed by atoms with Crippen LogP contribution >= 0.6 is 34.7 Å². The Kier molecular flexibility index (Phi) is 7.21. The largest absolute Gasteiger partial charge is 0.354 e.